The molecule has 18 heavy (non-hydrogen) atoms. The first-order chi connectivity index (χ1) is 8.74. The van der Waals surface area contributed by atoms with Gasteiger partial charge < -0.3 is 5.11 Å². The Morgan fingerprint density at radius 3 is 2.56 bits per heavy atom. The molecule has 0 fully saturated rings. The molecule has 0 saturated carbocycles. The highest BCUT2D eigenvalue weighted by Crippen LogP contribution is 2.20. The predicted octanol–water partition coefficient (Wildman–Crippen LogP) is 3.89. The van der Waals surface area contributed by atoms with Gasteiger partial charge in [-0.2, -0.15) is 4.57 Å². The topological polar surface area (TPSA) is 24.1 Å². The lowest BCUT2D eigenvalue weighted by Gasteiger charge is -2.00. The summed E-state index contributed by atoms with van der Waals surface area (Å²) >= 11 is 0. The van der Waals surface area contributed by atoms with Crippen LogP contribution < -0.4 is 4.57 Å². The van der Waals surface area contributed by atoms with Gasteiger partial charge in [0.05, 0.1) is 5.39 Å². The van der Waals surface area contributed by atoms with Crippen molar-refractivity contribution in [1.82, 2.24) is 0 Å². The van der Waals surface area contributed by atoms with E-state index < -0.39 is 0 Å². The molecule has 94 valence electrons. The molecule has 2 rings (SSSR count). The fourth-order valence-electron chi connectivity index (χ4n) is 1.81. The van der Waals surface area contributed by atoms with Crippen molar-refractivity contribution in [1.29, 1.82) is 0 Å². The number of hydrogen-bond acceptors (Lipinski definition) is 1. The Bertz CT molecular complexity index is 588. The minimum Gasteiger partial charge on any atom is -0.502 e. The standard InChI is InChI=1S/C14H13NO.C2H6/c1-3-6-11(2)15-10-5-8-12-7-4-9-13(16)14(12)15;1-2/h3-5,7-10H,1-2H3;1-2H3/p+1. The average Bonchev–Trinajstić information content (AvgIpc) is 2.41. The van der Waals surface area contributed by atoms with E-state index >= 15 is 0 Å². The van der Waals surface area contributed by atoms with Crippen LogP contribution in [0.5, 0.6) is 5.75 Å². The summed E-state index contributed by atoms with van der Waals surface area (Å²) in [6.45, 7) is 7.89. The molecule has 0 unspecified atom stereocenters. The molecule has 2 aromatic rings. The fourth-order valence-corrected chi connectivity index (χ4v) is 1.81. The SMILES string of the molecule is CC.CC=C=C(C)[n+]1cccc2cccc(O)c21. The smallest absolute Gasteiger partial charge is 0.260 e. The third-order valence-corrected chi connectivity index (χ3v) is 2.51. The molecule has 0 amide bonds. The van der Waals surface area contributed by atoms with Crippen molar-refractivity contribution in [2.24, 2.45) is 0 Å². The Labute approximate surface area is 109 Å². The zero-order valence-electron chi connectivity index (χ0n) is 11.4. The molecule has 0 aliphatic carbocycles. The van der Waals surface area contributed by atoms with E-state index in [1.807, 2.05) is 68.8 Å². The van der Waals surface area contributed by atoms with Crippen LogP contribution in [0, 0.1) is 0 Å². The van der Waals surface area contributed by atoms with Crippen molar-refractivity contribution >= 4 is 16.6 Å². The number of allylic oxidation sites excluding steroid dienone is 1. The van der Waals surface area contributed by atoms with Crippen molar-refractivity contribution in [3.63, 3.8) is 0 Å². The molecule has 1 N–H and O–H groups in total. The van der Waals surface area contributed by atoms with Crippen LogP contribution in [-0.2, 0) is 0 Å². The normalized spacial score (nSPS) is 9.11. The van der Waals surface area contributed by atoms with E-state index in [4.69, 9.17) is 0 Å². The van der Waals surface area contributed by atoms with Crippen LogP contribution in [-0.4, -0.2) is 5.11 Å². The second-order valence-electron chi connectivity index (χ2n) is 3.61. The zero-order valence-corrected chi connectivity index (χ0v) is 11.4. The summed E-state index contributed by atoms with van der Waals surface area (Å²) in [5, 5.41) is 10.9. The molecule has 0 bridgehead atoms. The predicted molar refractivity (Wildman–Crippen MR) is 76.3 cm³/mol. The maximum atomic E-state index is 9.90. The van der Waals surface area contributed by atoms with Gasteiger partial charge in [0.2, 0.25) is 5.70 Å². The lowest BCUT2D eigenvalue weighted by molar-refractivity contribution is -0.552. The first-order valence-electron chi connectivity index (χ1n) is 6.24. The highest BCUT2D eigenvalue weighted by molar-refractivity contribution is 5.81. The van der Waals surface area contributed by atoms with E-state index in [0.29, 0.717) is 0 Å². The lowest BCUT2D eigenvalue weighted by Crippen LogP contribution is -2.30. The molecule has 0 aliphatic rings. The number of aromatic hydroxyl groups is 1. The summed E-state index contributed by atoms with van der Waals surface area (Å²) in [7, 11) is 0. The molecule has 2 heteroatoms. The van der Waals surface area contributed by atoms with Crippen LogP contribution in [0.25, 0.3) is 16.6 Å². The molecule has 0 saturated heterocycles. The number of rotatable bonds is 1. The second-order valence-corrected chi connectivity index (χ2v) is 3.61. The van der Waals surface area contributed by atoms with E-state index in [2.05, 4.69) is 5.73 Å². The Morgan fingerprint density at radius 2 is 1.89 bits per heavy atom. The number of phenolic OH excluding ortho intramolecular Hbond substituents is 1. The van der Waals surface area contributed by atoms with Gasteiger partial charge in [0, 0.05) is 13.0 Å². The van der Waals surface area contributed by atoms with Gasteiger partial charge in [-0.15, -0.1) is 0 Å². The zero-order chi connectivity index (χ0) is 13.5. The van der Waals surface area contributed by atoms with Crippen molar-refractivity contribution in [3.8, 4) is 5.75 Å². The molecule has 2 nitrogen and oxygen atoms in total. The lowest BCUT2D eigenvalue weighted by atomic mass is 10.2. The van der Waals surface area contributed by atoms with E-state index in [9.17, 15) is 5.11 Å². The third kappa shape index (κ3) is 2.79. The third-order valence-electron chi connectivity index (χ3n) is 2.51. The van der Waals surface area contributed by atoms with Crippen LogP contribution in [0.1, 0.15) is 27.7 Å². The van der Waals surface area contributed by atoms with Gasteiger partial charge in [0.25, 0.3) is 5.52 Å². The summed E-state index contributed by atoms with van der Waals surface area (Å²) in [6, 6.07) is 9.46. The average molecular weight is 242 g/mol. The number of benzene rings is 1. The largest absolute Gasteiger partial charge is 0.502 e. The van der Waals surface area contributed by atoms with E-state index in [0.717, 1.165) is 16.6 Å². The van der Waals surface area contributed by atoms with Gasteiger partial charge in [-0.1, -0.05) is 25.6 Å². The Kier molecular flexibility index (Phi) is 5.16. The summed E-state index contributed by atoms with van der Waals surface area (Å²) < 4.78 is 1.94. The molecular weight excluding hydrogens is 222 g/mol. The van der Waals surface area contributed by atoms with Gasteiger partial charge in [0.1, 0.15) is 0 Å². The number of fused-ring (bicyclic) bond motifs is 1. The number of para-hydroxylation sites is 1. The molecule has 1 aromatic heterocycles. The van der Waals surface area contributed by atoms with Gasteiger partial charge in [-0.05, 0) is 31.2 Å². The minimum absolute atomic E-state index is 0.287. The Balaban J connectivity index is 0.000000771. The molecule has 0 radical (unpaired) electrons. The second kappa shape index (κ2) is 6.63. The van der Waals surface area contributed by atoms with Crippen LogP contribution in [0.15, 0.2) is 48.3 Å². The molecule has 0 spiro atoms. The summed E-state index contributed by atoms with van der Waals surface area (Å²) in [5.41, 5.74) is 4.89. The van der Waals surface area contributed by atoms with Crippen molar-refractivity contribution in [2.75, 3.05) is 0 Å². The van der Waals surface area contributed by atoms with Gasteiger partial charge in [-0.3, -0.25) is 0 Å². The summed E-state index contributed by atoms with van der Waals surface area (Å²) in [4.78, 5) is 0. The number of phenols is 1. The Morgan fingerprint density at radius 1 is 1.22 bits per heavy atom. The highest BCUT2D eigenvalue weighted by atomic mass is 16.3. The summed E-state index contributed by atoms with van der Waals surface area (Å²) in [5.74, 6) is 0.287. The van der Waals surface area contributed by atoms with Crippen LogP contribution in [0.3, 0.4) is 0 Å². The monoisotopic (exact) mass is 242 g/mol. The van der Waals surface area contributed by atoms with E-state index in [1.54, 1.807) is 6.07 Å². The number of nitrogens with zero attached hydrogens (tertiary/aromatic N) is 1. The maximum Gasteiger partial charge on any atom is 0.260 e. The van der Waals surface area contributed by atoms with Crippen LogP contribution in [0.2, 0.25) is 0 Å². The quantitative estimate of drug-likeness (QED) is 0.595. The van der Waals surface area contributed by atoms with Gasteiger partial charge >= 0.3 is 0 Å². The number of hydrogen-bond donors (Lipinski definition) is 1. The molecule has 0 atom stereocenters. The number of pyridine rings is 1. The van der Waals surface area contributed by atoms with Crippen molar-refractivity contribution < 1.29 is 9.67 Å². The van der Waals surface area contributed by atoms with E-state index in [-0.39, 0.29) is 5.75 Å². The van der Waals surface area contributed by atoms with Crippen molar-refractivity contribution in [2.45, 2.75) is 27.7 Å². The number of aromatic nitrogens is 1. The van der Waals surface area contributed by atoms with Crippen LogP contribution in [0.4, 0.5) is 0 Å². The first kappa shape index (κ1) is 14.0. The van der Waals surface area contributed by atoms with Gasteiger partial charge in [0.15, 0.2) is 11.9 Å². The molecule has 1 aromatic carbocycles. The molecule has 0 aliphatic heterocycles. The fraction of sp³-hybridized carbons (Fsp3) is 0.250. The first-order valence-corrected chi connectivity index (χ1v) is 6.24. The minimum atomic E-state index is 0.287. The summed E-state index contributed by atoms with van der Waals surface area (Å²) in [6.07, 6.45) is 3.79. The van der Waals surface area contributed by atoms with Crippen molar-refractivity contribution in [3.05, 3.63) is 48.3 Å². The Hall–Kier alpha value is -2.05. The van der Waals surface area contributed by atoms with E-state index in [1.165, 1.54) is 0 Å². The molecular formula is C16H20NO+. The van der Waals surface area contributed by atoms with Gasteiger partial charge in [-0.25, -0.2) is 0 Å². The molecule has 1 heterocycles. The highest BCUT2D eigenvalue weighted by Gasteiger charge is 2.14. The van der Waals surface area contributed by atoms with Crippen LogP contribution >= 0.6 is 0 Å². The maximum absolute atomic E-state index is 9.90.